The molecule has 0 radical (unpaired) electrons. The van der Waals surface area contributed by atoms with Gasteiger partial charge in [0.05, 0.1) is 12.2 Å². The highest BCUT2D eigenvalue weighted by Gasteiger charge is 2.12. The van der Waals surface area contributed by atoms with Crippen LogP contribution in [0.4, 0.5) is 5.82 Å². The molecule has 7 nitrogen and oxygen atoms in total. The summed E-state index contributed by atoms with van der Waals surface area (Å²) in [7, 11) is 0. The molecule has 0 aliphatic heterocycles. The molecule has 3 heterocycles. The smallest absolute Gasteiger partial charge is 0.245 e. The number of benzene rings is 1. The third kappa shape index (κ3) is 3.81. The van der Waals surface area contributed by atoms with Gasteiger partial charge in [0.15, 0.2) is 11.5 Å². The molecule has 0 saturated carbocycles. The van der Waals surface area contributed by atoms with E-state index in [1.807, 2.05) is 41.8 Å². The van der Waals surface area contributed by atoms with Gasteiger partial charge in [-0.1, -0.05) is 49.3 Å². The number of nitrogens with zero attached hydrogens (tertiary/aromatic N) is 5. The van der Waals surface area contributed by atoms with Crippen molar-refractivity contribution in [3.63, 3.8) is 0 Å². The van der Waals surface area contributed by atoms with E-state index in [2.05, 4.69) is 51.5 Å². The summed E-state index contributed by atoms with van der Waals surface area (Å²) in [5.41, 5.74) is 3.92. The molecule has 4 aromatic rings. The van der Waals surface area contributed by atoms with Gasteiger partial charge < -0.3 is 9.84 Å². The van der Waals surface area contributed by atoms with Gasteiger partial charge in [0, 0.05) is 24.2 Å². The zero-order valence-corrected chi connectivity index (χ0v) is 15.7. The standard InChI is InChI=1S/C20H22N6O/c1-13(2)16-11-18(26-19(22-16)9-14(3)24-26)21-12-20-23-17(25-27-20)10-15-7-5-4-6-8-15/h4-9,11,13,21H,10,12H2,1-3H3. The van der Waals surface area contributed by atoms with E-state index in [-0.39, 0.29) is 0 Å². The van der Waals surface area contributed by atoms with Crippen LogP contribution in [-0.4, -0.2) is 24.7 Å². The fourth-order valence-corrected chi connectivity index (χ4v) is 2.91. The number of aryl methyl sites for hydroxylation is 1. The van der Waals surface area contributed by atoms with Crippen molar-refractivity contribution in [1.82, 2.24) is 24.7 Å². The average Bonchev–Trinajstić information content (AvgIpc) is 3.25. The first-order valence-corrected chi connectivity index (χ1v) is 9.05. The predicted molar refractivity (Wildman–Crippen MR) is 103 cm³/mol. The molecule has 1 aromatic carbocycles. The topological polar surface area (TPSA) is 81.1 Å². The summed E-state index contributed by atoms with van der Waals surface area (Å²) in [6.07, 6.45) is 0.652. The molecular formula is C20H22N6O. The van der Waals surface area contributed by atoms with E-state index in [0.717, 1.165) is 28.4 Å². The average molecular weight is 362 g/mol. The van der Waals surface area contributed by atoms with Gasteiger partial charge in [0.25, 0.3) is 0 Å². The highest BCUT2D eigenvalue weighted by Crippen LogP contribution is 2.20. The van der Waals surface area contributed by atoms with Crippen LogP contribution < -0.4 is 5.32 Å². The highest BCUT2D eigenvalue weighted by molar-refractivity contribution is 5.50. The Morgan fingerprint density at radius 3 is 2.70 bits per heavy atom. The molecular weight excluding hydrogens is 340 g/mol. The molecule has 138 valence electrons. The summed E-state index contributed by atoms with van der Waals surface area (Å²) in [6.45, 7) is 6.64. The minimum Gasteiger partial charge on any atom is -0.361 e. The summed E-state index contributed by atoms with van der Waals surface area (Å²) < 4.78 is 7.19. The summed E-state index contributed by atoms with van der Waals surface area (Å²) in [5, 5.41) is 11.9. The van der Waals surface area contributed by atoms with Crippen LogP contribution in [0.15, 0.2) is 47.0 Å². The SMILES string of the molecule is Cc1cc2nc(C(C)C)cc(NCc3nc(Cc4ccccc4)no3)n2n1. The van der Waals surface area contributed by atoms with E-state index in [0.29, 0.717) is 30.6 Å². The lowest BCUT2D eigenvalue weighted by Gasteiger charge is -2.10. The number of aromatic nitrogens is 5. The Morgan fingerprint density at radius 2 is 1.93 bits per heavy atom. The molecule has 0 unspecified atom stereocenters. The monoisotopic (exact) mass is 362 g/mol. The van der Waals surface area contributed by atoms with Crippen molar-refractivity contribution >= 4 is 11.5 Å². The maximum absolute atomic E-state index is 5.38. The lowest BCUT2D eigenvalue weighted by atomic mass is 10.1. The number of anilines is 1. The number of rotatable bonds is 6. The van der Waals surface area contributed by atoms with Gasteiger partial charge in [-0.2, -0.15) is 14.6 Å². The van der Waals surface area contributed by atoms with Crippen molar-refractivity contribution in [3.05, 3.63) is 71.1 Å². The largest absolute Gasteiger partial charge is 0.361 e. The van der Waals surface area contributed by atoms with E-state index < -0.39 is 0 Å². The molecule has 0 amide bonds. The Hall–Kier alpha value is -3.22. The molecule has 0 spiro atoms. The lowest BCUT2D eigenvalue weighted by Crippen LogP contribution is -2.08. The predicted octanol–water partition coefficient (Wildman–Crippen LogP) is 3.75. The van der Waals surface area contributed by atoms with Crippen LogP contribution in [0.5, 0.6) is 0 Å². The Balaban J connectivity index is 1.52. The second-order valence-corrected chi connectivity index (χ2v) is 6.90. The minimum absolute atomic E-state index is 0.326. The zero-order chi connectivity index (χ0) is 18.8. The van der Waals surface area contributed by atoms with Gasteiger partial charge in [-0.3, -0.25) is 0 Å². The maximum atomic E-state index is 5.38. The summed E-state index contributed by atoms with van der Waals surface area (Å²) in [5.74, 6) is 2.41. The van der Waals surface area contributed by atoms with E-state index in [1.165, 1.54) is 0 Å². The van der Waals surface area contributed by atoms with Gasteiger partial charge in [0.2, 0.25) is 5.89 Å². The molecule has 0 saturated heterocycles. The van der Waals surface area contributed by atoms with Crippen LogP contribution in [0.1, 0.15) is 48.4 Å². The van der Waals surface area contributed by atoms with E-state index in [4.69, 9.17) is 4.52 Å². The second-order valence-electron chi connectivity index (χ2n) is 6.90. The number of hydrogen-bond donors (Lipinski definition) is 1. The molecule has 0 atom stereocenters. The summed E-state index contributed by atoms with van der Waals surface area (Å²) >= 11 is 0. The lowest BCUT2D eigenvalue weighted by molar-refractivity contribution is 0.378. The molecule has 4 rings (SSSR count). The van der Waals surface area contributed by atoms with Gasteiger partial charge >= 0.3 is 0 Å². The van der Waals surface area contributed by atoms with Crippen molar-refractivity contribution < 1.29 is 4.52 Å². The molecule has 7 heteroatoms. The molecule has 27 heavy (non-hydrogen) atoms. The second kappa shape index (κ2) is 7.19. The fraction of sp³-hybridized carbons (Fsp3) is 0.300. The van der Waals surface area contributed by atoms with E-state index >= 15 is 0 Å². The molecule has 0 aliphatic carbocycles. The van der Waals surface area contributed by atoms with Crippen molar-refractivity contribution in [2.24, 2.45) is 0 Å². The fourth-order valence-electron chi connectivity index (χ4n) is 2.91. The number of fused-ring (bicyclic) bond motifs is 1. The Kier molecular flexibility index (Phi) is 4.58. The molecule has 0 aliphatic rings. The third-order valence-electron chi connectivity index (χ3n) is 4.30. The first-order valence-electron chi connectivity index (χ1n) is 9.05. The van der Waals surface area contributed by atoms with Gasteiger partial charge in [0.1, 0.15) is 5.82 Å². The van der Waals surface area contributed by atoms with Crippen molar-refractivity contribution in [3.8, 4) is 0 Å². The zero-order valence-electron chi connectivity index (χ0n) is 15.7. The normalized spacial score (nSPS) is 11.4. The van der Waals surface area contributed by atoms with E-state index in [1.54, 1.807) is 0 Å². The Bertz CT molecular complexity index is 1050. The van der Waals surface area contributed by atoms with Crippen molar-refractivity contribution in [2.45, 2.75) is 39.7 Å². The van der Waals surface area contributed by atoms with Crippen LogP contribution >= 0.6 is 0 Å². The van der Waals surface area contributed by atoms with Crippen molar-refractivity contribution in [1.29, 1.82) is 0 Å². The van der Waals surface area contributed by atoms with Gasteiger partial charge in [-0.05, 0) is 18.4 Å². The summed E-state index contributed by atoms with van der Waals surface area (Å²) in [4.78, 5) is 9.15. The molecule has 0 bridgehead atoms. The van der Waals surface area contributed by atoms with Crippen LogP contribution in [0.2, 0.25) is 0 Å². The number of nitrogens with one attached hydrogen (secondary N) is 1. The van der Waals surface area contributed by atoms with Crippen LogP contribution in [-0.2, 0) is 13.0 Å². The first-order chi connectivity index (χ1) is 13.1. The van der Waals surface area contributed by atoms with Crippen LogP contribution in [0.25, 0.3) is 5.65 Å². The Labute approximate surface area is 157 Å². The quantitative estimate of drug-likeness (QED) is 0.563. The Morgan fingerprint density at radius 1 is 1.11 bits per heavy atom. The van der Waals surface area contributed by atoms with Crippen LogP contribution in [0, 0.1) is 6.92 Å². The summed E-state index contributed by atoms with van der Waals surface area (Å²) in [6, 6.07) is 14.1. The van der Waals surface area contributed by atoms with Gasteiger partial charge in [-0.15, -0.1) is 0 Å². The number of hydrogen-bond acceptors (Lipinski definition) is 6. The van der Waals surface area contributed by atoms with Crippen LogP contribution in [0.3, 0.4) is 0 Å². The highest BCUT2D eigenvalue weighted by atomic mass is 16.5. The van der Waals surface area contributed by atoms with E-state index in [9.17, 15) is 0 Å². The molecule has 1 N–H and O–H groups in total. The van der Waals surface area contributed by atoms with Crippen molar-refractivity contribution in [2.75, 3.05) is 5.32 Å². The third-order valence-corrected chi connectivity index (χ3v) is 4.30. The first kappa shape index (κ1) is 17.2. The molecule has 0 fully saturated rings. The molecule has 3 aromatic heterocycles. The maximum Gasteiger partial charge on any atom is 0.245 e. The minimum atomic E-state index is 0.326. The van der Waals surface area contributed by atoms with Gasteiger partial charge in [-0.25, -0.2) is 4.98 Å².